The lowest BCUT2D eigenvalue weighted by Crippen LogP contribution is -2.28. The van der Waals surface area contributed by atoms with E-state index < -0.39 is 0 Å². The van der Waals surface area contributed by atoms with Crippen LogP contribution in [0.25, 0.3) is 0 Å². The number of carbonyl (C=O) groups excluding carboxylic acids is 2. The van der Waals surface area contributed by atoms with Crippen LogP contribution in [0, 0.1) is 5.92 Å². The zero-order valence-corrected chi connectivity index (χ0v) is 14.7. The molecule has 25 heavy (non-hydrogen) atoms. The van der Waals surface area contributed by atoms with E-state index in [0.29, 0.717) is 50.3 Å². The maximum absolute atomic E-state index is 11.9. The number of cyclic esters (lactones) is 1. The number of nitrogens with one attached hydrogen (secondary N) is 1. The van der Waals surface area contributed by atoms with Gasteiger partial charge in [0.1, 0.15) is 5.75 Å². The predicted octanol–water partition coefficient (Wildman–Crippen LogP) is 1.30. The molecule has 0 aromatic heterocycles. The highest BCUT2D eigenvalue weighted by atomic mass is 16.5. The van der Waals surface area contributed by atoms with Gasteiger partial charge in [0.05, 0.1) is 25.7 Å². The van der Waals surface area contributed by atoms with Gasteiger partial charge in [-0.05, 0) is 30.5 Å². The van der Waals surface area contributed by atoms with Crippen LogP contribution in [-0.2, 0) is 43.4 Å². The molecule has 1 fully saturated rings. The first-order valence-corrected chi connectivity index (χ1v) is 8.30. The number of amides is 1. The Kier molecular flexibility index (Phi) is 7.21. The average Bonchev–Trinajstić information content (AvgIpc) is 2.97. The van der Waals surface area contributed by atoms with Gasteiger partial charge in [0.25, 0.3) is 0 Å². The van der Waals surface area contributed by atoms with Crippen molar-refractivity contribution in [1.29, 1.82) is 0 Å². The van der Waals surface area contributed by atoms with Gasteiger partial charge in [0.2, 0.25) is 5.91 Å². The van der Waals surface area contributed by atoms with Gasteiger partial charge >= 0.3 is 5.97 Å². The van der Waals surface area contributed by atoms with E-state index in [1.54, 1.807) is 14.2 Å². The van der Waals surface area contributed by atoms with Gasteiger partial charge in [-0.2, -0.15) is 0 Å². The van der Waals surface area contributed by atoms with Crippen LogP contribution in [0.3, 0.4) is 0 Å². The van der Waals surface area contributed by atoms with E-state index in [4.69, 9.17) is 14.2 Å². The van der Waals surface area contributed by atoms with E-state index in [2.05, 4.69) is 5.32 Å². The average molecular weight is 351 g/mol. The van der Waals surface area contributed by atoms with Crippen molar-refractivity contribution in [3.05, 3.63) is 28.8 Å². The Morgan fingerprint density at radius 2 is 1.92 bits per heavy atom. The van der Waals surface area contributed by atoms with Crippen molar-refractivity contribution in [2.75, 3.05) is 27.4 Å². The normalized spacial score (nSPS) is 16.7. The molecule has 0 radical (unpaired) electrons. The van der Waals surface area contributed by atoms with Gasteiger partial charge in [-0.25, -0.2) is 0 Å². The molecule has 1 aromatic rings. The molecule has 7 nitrogen and oxygen atoms in total. The molecule has 138 valence electrons. The molecular formula is C18H25NO6. The van der Waals surface area contributed by atoms with E-state index in [1.165, 1.54) is 0 Å². The number of aromatic hydroxyl groups is 1. The molecule has 1 aliphatic rings. The van der Waals surface area contributed by atoms with Crippen LogP contribution in [0.5, 0.6) is 5.75 Å². The Bertz CT molecular complexity index is 589. The largest absolute Gasteiger partial charge is 0.507 e. The van der Waals surface area contributed by atoms with Crippen LogP contribution in [0.4, 0.5) is 0 Å². The number of hydrogen-bond donors (Lipinski definition) is 2. The van der Waals surface area contributed by atoms with E-state index in [9.17, 15) is 14.7 Å². The van der Waals surface area contributed by atoms with Crippen molar-refractivity contribution in [2.24, 2.45) is 5.92 Å². The summed E-state index contributed by atoms with van der Waals surface area (Å²) in [7, 11) is 3.13. The maximum atomic E-state index is 11.9. The Hall–Kier alpha value is -2.12. The first kappa shape index (κ1) is 19.2. The van der Waals surface area contributed by atoms with Gasteiger partial charge in [-0.15, -0.1) is 0 Å². The number of benzene rings is 1. The number of methoxy groups -OCH3 is 2. The molecule has 1 unspecified atom stereocenters. The first-order chi connectivity index (χ1) is 12.0. The Morgan fingerprint density at radius 3 is 2.44 bits per heavy atom. The lowest BCUT2D eigenvalue weighted by molar-refractivity contribution is -0.142. The third-order valence-electron chi connectivity index (χ3n) is 4.14. The van der Waals surface area contributed by atoms with Crippen LogP contribution in [0.15, 0.2) is 12.1 Å². The van der Waals surface area contributed by atoms with Crippen LogP contribution in [0.1, 0.15) is 29.5 Å². The molecule has 1 atom stereocenters. The fourth-order valence-corrected chi connectivity index (χ4v) is 2.87. The molecule has 0 aliphatic carbocycles. The summed E-state index contributed by atoms with van der Waals surface area (Å²) >= 11 is 0. The second-order valence-corrected chi connectivity index (χ2v) is 6.09. The number of phenolic OH excluding ortho intramolecular Hbond substituents is 1. The first-order valence-electron chi connectivity index (χ1n) is 8.30. The van der Waals surface area contributed by atoms with Crippen molar-refractivity contribution in [1.82, 2.24) is 5.32 Å². The Labute approximate surface area is 147 Å². The number of hydrogen-bond acceptors (Lipinski definition) is 6. The molecule has 1 aliphatic heterocycles. The molecule has 0 spiro atoms. The van der Waals surface area contributed by atoms with Crippen molar-refractivity contribution < 1.29 is 28.9 Å². The fraction of sp³-hybridized carbons (Fsp3) is 0.556. The van der Waals surface area contributed by atoms with Crippen LogP contribution < -0.4 is 5.32 Å². The minimum Gasteiger partial charge on any atom is -0.507 e. The van der Waals surface area contributed by atoms with Crippen molar-refractivity contribution in [2.45, 2.75) is 32.5 Å². The van der Waals surface area contributed by atoms with E-state index in [-0.39, 0.29) is 30.0 Å². The smallest absolute Gasteiger partial charge is 0.309 e. The zero-order valence-electron chi connectivity index (χ0n) is 14.7. The molecule has 0 bridgehead atoms. The standard InChI is InChI=1S/C18H25NO6/c1-23-10-14-7-12(8-15(11-24-2)17(14)21)3-5-19-16(20)9-13-4-6-25-18(13)22/h7-8,13,21H,3-6,9-11H2,1-2H3,(H,19,20). The lowest BCUT2D eigenvalue weighted by atomic mass is 10.0. The molecule has 0 saturated carbocycles. The molecule has 7 heteroatoms. The zero-order chi connectivity index (χ0) is 18.2. The third kappa shape index (κ3) is 5.44. The number of phenols is 1. The van der Waals surface area contributed by atoms with Gasteiger partial charge < -0.3 is 24.6 Å². The van der Waals surface area contributed by atoms with Crippen LogP contribution in [0.2, 0.25) is 0 Å². The topological polar surface area (TPSA) is 94.1 Å². The number of rotatable bonds is 9. The highest BCUT2D eigenvalue weighted by Crippen LogP contribution is 2.26. The van der Waals surface area contributed by atoms with Gasteiger partial charge in [-0.3, -0.25) is 9.59 Å². The van der Waals surface area contributed by atoms with E-state index in [0.717, 1.165) is 5.56 Å². The quantitative estimate of drug-likeness (QED) is 0.651. The summed E-state index contributed by atoms with van der Waals surface area (Å²) in [6.07, 6.45) is 1.37. The SMILES string of the molecule is COCc1cc(CCNC(=O)CC2CCOC2=O)cc(COC)c1O. The molecule has 2 N–H and O–H groups in total. The Morgan fingerprint density at radius 1 is 1.28 bits per heavy atom. The number of esters is 1. The monoisotopic (exact) mass is 351 g/mol. The summed E-state index contributed by atoms with van der Waals surface area (Å²) < 4.78 is 15.1. The molecule has 2 rings (SSSR count). The van der Waals surface area contributed by atoms with E-state index in [1.807, 2.05) is 12.1 Å². The number of carbonyl (C=O) groups is 2. The van der Waals surface area contributed by atoms with Gasteiger partial charge in [-0.1, -0.05) is 0 Å². The summed E-state index contributed by atoms with van der Waals surface area (Å²) in [6.45, 7) is 1.44. The molecular weight excluding hydrogens is 326 g/mol. The molecule has 1 aromatic carbocycles. The molecule has 1 saturated heterocycles. The highest BCUT2D eigenvalue weighted by Gasteiger charge is 2.28. The number of ether oxygens (including phenoxy) is 3. The molecule has 1 amide bonds. The summed E-state index contributed by atoms with van der Waals surface area (Å²) in [6, 6.07) is 3.72. The molecule has 1 heterocycles. The van der Waals surface area contributed by atoms with Crippen molar-refractivity contribution >= 4 is 11.9 Å². The second-order valence-electron chi connectivity index (χ2n) is 6.09. The van der Waals surface area contributed by atoms with Crippen molar-refractivity contribution in [3.8, 4) is 5.75 Å². The van der Waals surface area contributed by atoms with Crippen molar-refractivity contribution in [3.63, 3.8) is 0 Å². The fourth-order valence-electron chi connectivity index (χ4n) is 2.87. The summed E-state index contributed by atoms with van der Waals surface area (Å²) in [5, 5.41) is 13.0. The third-order valence-corrected chi connectivity index (χ3v) is 4.14. The Balaban J connectivity index is 1.90. The minimum absolute atomic E-state index is 0.156. The summed E-state index contributed by atoms with van der Waals surface area (Å²) in [5.41, 5.74) is 2.34. The maximum Gasteiger partial charge on any atom is 0.309 e. The summed E-state index contributed by atoms with van der Waals surface area (Å²) in [5.74, 6) is -0.592. The second kappa shape index (κ2) is 9.39. The minimum atomic E-state index is -0.324. The lowest BCUT2D eigenvalue weighted by Gasteiger charge is -2.13. The highest BCUT2D eigenvalue weighted by molar-refractivity contribution is 5.83. The van der Waals surface area contributed by atoms with Gasteiger partial charge in [0.15, 0.2) is 0 Å². The summed E-state index contributed by atoms with van der Waals surface area (Å²) in [4.78, 5) is 23.3. The van der Waals surface area contributed by atoms with Crippen LogP contribution in [-0.4, -0.2) is 44.4 Å². The van der Waals surface area contributed by atoms with Crippen LogP contribution >= 0.6 is 0 Å². The van der Waals surface area contributed by atoms with Gasteiger partial charge in [0, 0.05) is 38.3 Å². The van der Waals surface area contributed by atoms with E-state index >= 15 is 0 Å². The predicted molar refractivity (Wildman–Crippen MR) is 89.9 cm³/mol.